The maximum Gasteiger partial charge on any atom is 0.315 e. The average Bonchev–Trinajstić information content (AvgIpc) is 3.07. The zero-order chi connectivity index (χ0) is 15.2. The number of carbonyl (C=O) groups is 1. The molecule has 114 valence electrons. The molecule has 0 aliphatic rings. The lowest BCUT2D eigenvalue weighted by Crippen LogP contribution is -2.42. The minimum atomic E-state index is -0.655. The Bertz CT molecular complexity index is 566. The Balaban J connectivity index is 1.71. The number of hydrogen-bond acceptors (Lipinski definition) is 4. The molecular formula is C15H20N2O2S2. The summed E-state index contributed by atoms with van der Waals surface area (Å²) >= 11 is 3.28. The maximum atomic E-state index is 11.8. The van der Waals surface area contributed by atoms with Crippen molar-refractivity contribution in [2.24, 2.45) is 0 Å². The molecule has 21 heavy (non-hydrogen) atoms. The molecule has 2 unspecified atom stereocenters. The zero-order valence-corrected chi connectivity index (χ0v) is 13.8. The van der Waals surface area contributed by atoms with Crippen LogP contribution in [0.1, 0.15) is 28.3 Å². The normalized spacial score (nSPS) is 13.7. The van der Waals surface area contributed by atoms with Crippen LogP contribution in [-0.2, 0) is 6.42 Å². The molecule has 0 aliphatic heterocycles. The summed E-state index contributed by atoms with van der Waals surface area (Å²) in [4.78, 5) is 14.3. The van der Waals surface area contributed by atoms with E-state index in [1.807, 2.05) is 23.8 Å². The van der Waals surface area contributed by atoms with E-state index < -0.39 is 6.10 Å². The number of hydrogen-bond donors (Lipinski definition) is 3. The molecule has 4 nitrogen and oxygen atoms in total. The molecule has 0 spiro atoms. The lowest BCUT2D eigenvalue weighted by atomic mass is 10.2. The van der Waals surface area contributed by atoms with Crippen LogP contribution in [0.2, 0.25) is 0 Å². The van der Waals surface area contributed by atoms with Crippen molar-refractivity contribution in [3.63, 3.8) is 0 Å². The van der Waals surface area contributed by atoms with Crippen molar-refractivity contribution < 1.29 is 9.90 Å². The van der Waals surface area contributed by atoms with Crippen molar-refractivity contribution in [1.29, 1.82) is 0 Å². The summed E-state index contributed by atoms with van der Waals surface area (Å²) in [6.07, 6.45) is 0.163. The number of urea groups is 1. The molecule has 2 aromatic rings. The first-order valence-electron chi connectivity index (χ1n) is 6.84. The van der Waals surface area contributed by atoms with Crippen molar-refractivity contribution >= 4 is 28.7 Å². The van der Waals surface area contributed by atoms with Crippen LogP contribution in [0.4, 0.5) is 4.79 Å². The van der Waals surface area contributed by atoms with Crippen molar-refractivity contribution in [1.82, 2.24) is 10.6 Å². The molecule has 0 bridgehead atoms. The first-order chi connectivity index (χ1) is 10.0. The van der Waals surface area contributed by atoms with Crippen molar-refractivity contribution in [2.45, 2.75) is 32.4 Å². The minimum absolute atomic E-state index is 0.0568. The van der Waals surface area contributed by atoms with Gasteiger partial charge in [-0.15, -0.1) is 11.3 Å². The monoisotopic (exact) mass is 324 g/mol. The highest BCUT2D eigenvalue weighted by Crippen LogP contribution is 2.17. The van der Waals surface area contributed by atoms with Gasteiger partial charge in [0.05, 0.1) is 6.10 Å². The second-order valence-corrected chi connectivity index (χ2v) is 7.20. The molecule has 2 aromatic heterocycles. The Morgan fingerprint density at radius 2 is 2.19 bits per heavy atom. The van der Waals surface area contributed by atoms with E-state index >= 15 is 0 Å². The molecule has 2 heterocycles. The fourth-order valence-corrected chi connectivity index (χ4v) is 3.72. The fourth-order valence-electron chi connectivity index (χ4n) is 1.99. The van der Waals surface area contributed by atoms with Crippen LogP contribution >= 0.6 is 22.7 Å². The van der Waals surface area contributed by atoms with E-state index in [2.05, 4.69) is 29.7 Å². The number of rotatable bonds is 6. The molecule has 0 saturated carbocycles. The summed E-state index contributed by atoms with van der Waals surface area (Å²) < 4.78 is 0. The van der Waals surface area contributed by atoms with E-state index in [0.29, 0.717) is 0 Å². The fraction of sp³-hybridized carbons (Fsp3) is 0.400. The molecule has 0 fully saturated rings. The third kappa shape index (κ3) is 5.15. The van der Waals surface area contributed by atoms with Gasteiger partial charge in [0.2, 0.25) is 0 Å². The van der Waals surface area contributed by atoms with E-state index in [4.69, 9.17) is 0 Å². The summed E-state index contributed by atoms with van der Waals surface area (Å²) in [5, 5.41) is 19.3. The quantitative estimate of drug-likeness (QED) is 0.765. The third-order valence-electron chi connectivity index (χ3n) is 3.06. The van der Waals surface area contributed by atoms with Gasteiger partial charge in [-0.25, -0.2) is 4.79 Å². The SMILES string of the molecule is Cc1ccc(CC(C)NC(=O)NCC(O)c2ccsc2)s1. The summed E-state index contributed by atoms with van der Waals surface area (Å²) in [5.41, 5.74) is 0.836. The number of thiophene rings is 2. The van der Waals surface area contributed by atoms with Crippen LogP contribution < -0.4 is 10.6 Å². The van der Waals surface area contributed by atoms with Crippen LogP contribution in [-0.4, -0.2) is 23.7 Å². The number of aryl methyl sites for hydroxylation is 1. The molecular weight excluding hydrogens is 304 g/mol. The van der Waals surface area contributed by atoms with Crippen molar-refractivity contribution in [2.75, 3.05) is 6.54 Å². The van der Waals surface area contributed by atoms with Crippen LogP contribution in [0.5, 0.6) is 0 Å². The first kappa shape index (κ1) is 16.0. The summed E-state index contributed by atoms with van der Waals surface area (Å²) in [7, 11) is 0. The van der Waals surface area contributed by atoms with Crippen LogP contribution in [0, 0.1) is 6.92 Å². The van der Waals surface area contributed by atoms with Crippen molar-refractivity contribution in [3.8, 4) is 0 Å². The second kappa shape index (κ2) is 7.59. The van der Waals surface area contributed by atoms with E-state index in [-0.39, 0.29) is 18.6 Å². The van der Waals surface area contributed by atoms with Crippen molar-refractivity contribution in [3.05, 3.63) is 44.3 Å². The van der Waals surface area contributed by atoms with Gasteiger partial charge in [0.15, 0.2) is 0 Å². The average molecular weight is 324 g/mol. The molecule has 2 amide bonds. The van der Waals surface area contributed by atoms with E-state index in [9.17, 15) is 9.90 Å². The van der Waals surface area contributed by atoms with E-state index in [0.717, 1.165) is 12.0 Å². The third-order valence-corrected chi connectivity index (χ3v) is 4.79. The van der Waals surface area contributed by atoms with Gasteiger partial charge in [-0.3, -0.25) is 0 Å². The van der Waals surface area contributed by atoms with Crippen LogP contribution in [0.25, 0.3) is 0 Å². The lowest BCUT2D eigenvalue weighted by molar-refractivity contribution is 0.173. The number of nitrogens with one attached hydrogen (secondary N) is 2. The Hall–Kier alpha value is -1.37. The standard InChI is InChI=1S/C15H20N2O2S2/c1-10(7-13-4-3-11(2)21-13)17-15(19)16-8-14(18)12-5-6-20-9-12/h3-6,9-10,14,18H,7-8H2,1-2H3,(H2,16,17,19). The Kier molecular flexibility index (Phi) is 5.78. The number of aliphatic hydroxyl groups excluding tert-OH is 1. The van der Waals surface area contributed by atoms with Gasteiger partial charge in [0, 0.05) is 28.8 Å². The van der Waals surface area contributed by atoms with Gasteiger partial charge in [-0.1, -0.05) is 0 Å². The van der Waals surface area contributed by atoms with Gasteiger partial charge >= 0.3 is 6.03 Å². The number of amides is 2. The zero-order valence-electron chi connectivity index (χ0n) is 12.1. The van der Waals surface area contributed by atoms with E-state index in [1.165, 1.54) is 21.1 Å². The largest absolute Gasteiger partial charge is 0.387 e. The Morgan fingerprint density at radius 3 is 2.81 bits per heavy atom. The highest BCUT2D eigenvalue weighted by Gasteiger charge is 2.12. The van der Waals surface area contributed by atoms with Gasteiger partial charge < -0.3 is 15.7 Å². The maximum absolute atomic E-state index is 11.8. The van der Waals surface area contributed by atoms with Gasteiger partial charge in [-0.2, -0.15) is 11.3 Å². The minimum Gasteiger partial charge on any atom is -0.387 e. The van der Waals surface area contributed by atoms with Gasteiger partial charge in [0.25, 0.3) is 0 Å². The molecule has 2 atom stereocenters. The van der Waals surface area contributed by atoms with Crippen LogP contribution in [0.3, 0.4) is 0 Å². The molecule has 0 radical (unpaired) electrons. The first-order valence-corrected chi connectivity index (χ1v) is 8.60. The molecule has 0 aliphatic carbocycles. The lowest BCUT2D eigenvalue weighted by Gasteiger charge is -2.15. The number of aliphatic hydroxyl groups is 1. The predicted molar refractivity (Wildman–Crippen MR) is 88.0 cm³/mol. The topological polar surface area (TPSA) is 61.4 Å². The molecule has 0 aromatic carbocycles. The summed E-state index contributed by atoms with van der Waals surface area (Å²) in [6, 6.07) is 5.85. The molecule has 3 N–H and O–H groups in total. The summed E-state index contributed by atoms with van der Waals surface area (Å²) in [5.74, 6) is 0. The molecule has 2 rings (SSSR count). The molecule has 0 saturated heterocycles. The number of carbonyl (C=O) groups excluding carboxylic acids is 1. The second-order valence-electron chi connectivity index (χ2n) is 5.04. The smallest absolute Gasteiger partial charge is 0.315 e. The summed E-state index contributed by atoms with van der Waals surface area (Å²) in [6.45, 7) is 4.27. The highest BCUT2D eigenvalue weighted by molar-refractivity contribution is 7.11. The van der Waals surface area contributed by atoms with Crippen LogP contribution in [0.15, 0.2) is 29.0 Å². The highest BCUT2D eigenvalue weighted by atomic mass is 32.1. The van der Waals surface area contributed by atoms with Gasteiger partial charge in [0.1, 0.15) is 0 Å². The van der Waals surface area contributed by atoms with E-state index in [1.54, 1.807) is 11.3 Å². The Morgan fingerprint density at radius 1 is 1.38 bits per heavy atom. The Labute approximate surface area is 132 Å². The predicted octanol–water partition coefficient (Wildman–Crippen LogP) is 3.08. The van der Waals surface area contributed by atoms with Gasteiger partial charge in [-0.05, 0) is 48.4 Å². The molecule has 6 heteroatoms.